The standard InChI is InChI=1S/C17H23NO5/c1-16(2,3)17(9-5-4-6-10-17)23-14-11-12(15(19)20)7-8-13(14)18(21)22/h7-8,11H,4-6,9-10H2,1-3H3,(H,19,20)/p-1. The Kier molecular flexibility index (Phi) is 4.63. The third-order valence-electron chi connectivity index (χ3n) is 4.73. The number of ether oxygens (including phenoxy) is 1. The third-order valence-corrected chi connectivity index (χ3v) is 4.73. The van der Waals surface area contributed by atoms with Gasteiger partial charge in [0, 0.05) is 17.0 Å². The Labute approximate surface area is 135 Å². The lowest BCUT2D eigenvalue weighted by atomic mass is 9.68. The van der Waals surface area contributed by atoms with Crippen LogP contribution in [0.15, 0.2) is 18.2 Å². The van der Waals surface area contributed by atoms with Gasteiger partial charge in [0.05, 0.1) is 10.9 Å². The largest absolute Gasteiger partial charge is 0.545 e. The topological polar surface area (TPSA) is 92.5 Å². The van der Waals surface area contributed by atoms with Crippen molar-refractivity contribution in [1.82, 2.24) is 0 Å². The summed E-state index contributed by atoms with van der Waals surface area (Å²) in [6.07, 6.45) is 4.69. The lowest BCUT2D eigenvalue weighted by Gasteiger charge is -2.47. The predicted octanol–water partition coefficient (Wildman–Crippen LogP) is 3.09. The van der Waals surface area contributed by atoms with Crippen LogP contribution >= 0.6 is 0 Å². The molecule has 0 heterocycles. The van der Waals surface area contributed by atoms with Gasteiger partial charge in [0.2, 0.25) is 0 Å². The maximum atomic E-state index is 11.3. The second-order valence-electron chi connectivity index (χ2n) is 7.13. The summed E-state index contributed by atoms with van der Waals surface area (Å²) in [6, 6.07) is 3.54. The second-order valence-corrected chi connectivity index (χ2v) is 7.13. The zero-order valence-electron chi connectivity index (χ0n) is 13.8. The molecule has 2 rings (SSSR count). The van der Waals surface area contributed by atoms with E-state index >= 15 is 0 Å². The maximum absolute atomic E-state index is 11.3. The van der Waals surface area contributed by atoms with Gasteiger partial charge in [-0.25, -0.2) is 0 Å². The monoisotopic (exact) mass is 320 g/mol. The highest BCUT2D eigenvalue weighted by molar-refractivity contribution is 5.87. The molecule has 1 fully saturated rings. The Bertz CT molecular complexity index is 612. The van der Waals surface area contributed by atoms with E-state index in [0.717, 1.165) is 32.1 Å². The fraction of sp³-hybridized carbons (Fsp3) is 0.588. The molecule has 1 saturated carbocycles. The summed E-state index contributed by atoms with van der Waals surface area (Å²) in [7, 11) is 0. The van der Waals surface area contributed by atoms with E-state index < -0.39 is 16.5 Å². The van der Waals surface area contributed by atoms with E-state index in [0.29, 0.717) is 0 Å². The van der Waals surface area contributed by atoms with E-state index in [1.807, 2.05) is 20.8 Å². The lowest BCUT2D eigenvalue weighted by molar-refractivity contribution is -0.386. The number of nitro benzene ring substituents is 1. The first kappa shape index (κ1) is 17.2. The fourth-order valence-electron chi connectivity index (χ4n) is 3.21. The second kappa shape index (κ2) is 6.18. The van der Waals surface area contributed by atoms with Crippen LogP contribution in [0.3, 0.4) is 0 Å². The third kappa shape index (κ3) is 3.46. The van der Waals surface area contributed by atoms with Gasteiger partial charge >= 0.3 is 5.69 Å². The molecule has 0 aliphatic heterocycles. The number of hydrogen-bond acceptors (Lipinski definition) is 5. The quantitative estimate of drug-likeness (QED) is 0.628. The number of carboxylic acids is 1. The van der Waals surface area contributed by atoms with Gasteiger partial charge in [-0.2, -0.15) is 0 Å². The summed E-state index contributed by atoms with van der Waals surface area (Å²) in [6.45, 7) is 6.15. The molecular weight excluding hydrogens is 298 g/mol. The van der Waals surface area contributed by atoms with Crippen molar-refractivity contribution in [3.05, 3.63) is 33.9 Å². The zero-order chi connectivity index (χ0) is 17.3. The van der Waals surface area contributed by atoms with Crippen LogP contribution in [-0.4, -0.2) is 16.5 Å². The van der Waals surface area contributed by atoms with Gasteiger partial charge in [-0.3, -0.25) is 10.1 Å². The lowest BCUT2D eigenvalue weighted by Crippen LogP contribution is -2.49. The number of nitrogens with zero attached hydrogens (tertiary/aromatic N) is 1. The van der Waals surface area contributed by atoms with E-state index in [-0.39, 0.29) is 22.4 Å². The van der Waals surface area contributed by atoms with Crippen LogP contribution in [0.1, 0.15) is 63.2 Å². The summed E-state index contributed by atoms with van der Waals surface area (Å²) < 4.78 is 6.16. The molecule has 0 spiro atoms. The molecule has 0 amide bonds. The van der Waals surface area contributed by atoms with Gasteiger partial charge in [0.25, 0.3) is 0 Å². The molecule has 0 atom stereocenters. The minimum Gasteiger partial charge on any atom is -0.545 e. The first-order valence-corrected chi connectivity index (χ1v) is 7.85. The summed E-state index contributed by atoms with van der Waals surface area (Å²) in [4.78, 5) is 21.8. The van der Waals surface area contributed by atoms with E-state index in [1.165, 1.54) is 18.2 Å². The number of nitro groups is 1. The highest BCUT2D eigenvalue weighted by Crippen LogP contribution is 2.46. The Morgan fingerprint density at radius 3 is 2.30 bits per heavy atom. The van der Waals surface area contributed by atoms with Gasteiger partial charge in [0.15, 0.2) is 5.75 Å². The van der Waals surface area contributed by atoms with E-state index in [1.54, 1.807) is 0 Å². The van der Waals surface area contributed by atoms with Crippen molar-refractivity contribution in [1.29, 1.82) is 0 Å². The highest BCUT2D eigenvalue weighted by Gasteiger charge is 2.45. The Morgan fingerprint density at radius 2 is 1.83 bits per heavy atom. The van der Waals surface area contributed by atoms with Crippen molar-refractivity contribution in [2.24, 2.45) is 5.41 Å². The molecule has 0 bridgehead atoms. The molecule has 0 aromatic heterocycles. The predicted molar refractivity (Wildman–Crippen MR) is 83.3 cm³/mol. The van der Waals surface area contributed by atoms with Gasteiger partial charge < -0.3 is 14.6 Å². The van der Waals surface area contributed by atoms with Crippen LogP contribution < -0.4 is 9.84 Å². The van der Waals surface area contributed by atoms with Crippen molar-refractivity contribution in [2.45, 2.75) is 58.5 Å². The maximum Gasteiger partial charge on any atom is 0.310 e. The molecule has 1 aliphatic rings. The molecule has 0 radical (unpaired) electrons. The molecule has 1 aromatic carbocycles. The minimum absolute atomic E-state index is 0.00789. The van der Waals surface area contributed by atoms with Crippen LogP contribution in [0.5, 0.6) is 5.75 Å². The molecule has 6 heteroatoms. The Hall–Kier alpha value is -2.11. The average molecular weight is 320 g/mol. The molecule has 6 nitrogen and oxygen atoms in total. The van der Waals surface area contributed by atoms with E-state index in [2.05, 4.69) is 0 Å². The SMILES string of the molecule is CC(C)(C)C1(Oc2cc(C(=O)[O-])ccc2[N+](=O)[O-])CCCCC1. The summed E-state index contributed by atoms with van der Waals surface area (Å²) in [5, 5.41) is 22.3. The Morgan fingerprint density at radius 1 is 1.22 bits per heavy atom. The summed E-state index contributed by atoms with van der Waals surface area (Å²) >= 11 is 0. The highest BCUT2D eigenvalue weighted by atomic mass is 16.6. The fourth-order valence-corrected chi connectivity index (χ4v) is 3.21. The van der Waals surface area contributed by atoms with Crippen LogP contribution in [0.4, 0.5) is 5.69 Å². The van der Waals surface area contributed by atoms with Crippen molar-refractivity contribution >= 4 is 11.7 Å². The van der Waals surface area contributed by atoms with Crippen LogP contribution in [0.25, 0.3) is 0 Å². The Balaban J connectivity index is 2.48. The molecule has 0 N–H and O–H groups in total. The zero-order valence-corrected chi connectivity index (χ0v) is 13.8. The number of carbonyl (C=O) groups excluding carboxylic acids is 1. The normalized spacial score (nSPS) is 17.5. The van der Waals surface area contributed by atoms with Crippen LogP contribution in [0, 0.1) is 15.5 Å². The minimum atomic E-state index is -1.38. The number of rotatable bonds is 4. The van der Waals surface area contributed by atoms with E-state index in [4.69, 9.17) is 4.74 Å². The van der Waals surface area contributed by atoms with Crippen molar-refractivity contribution in [3.63, 3.8) is 0 Å². The van der Waals surface area contributed by atoms with Crippen LogP contribution in [0.2, 0.25) is 0 Å². The molecule has 23 heavy (non-hydrogen) atoms. The van der Waals surface area contributed by atoms with Gasteiger partial charge in [-0.1, -0.05) is 27.2 Å². The molecular formula is C17H22NO5-. The number of benzene rings is 1. The van der Waals surface area contributed by atoms with E-state index in [9.17, 15) is 20.0 Å². The molecule has 1 aliphatic carbocycles. The number of carboxylic acid groups (broad SMARTS) is 1. The average Bonchev–Trinajstić information content (AvgIpc) is 2.46. The molecule has 1 aromatic rings. The smallest absolute Gasteiger partial charge is 0.310 e. The number of hydrogen-bond donors (Lipinski definition) is 0. The van der Waals surface area contributed by atoms with Gasteiger partial charge in [-0.05, 0) is 37.8 Å². The van der Waals surface area contributed by atoms with Crippen molar-refractivity contribution in [2.75, 3.05) is 0 Å². The first-order chi connectivity index (χ1) is 10.7. The molecule has 0 unspecified atom stereocenters. The van der Waals surface area contributed by atoms with Crippen LogP contribution in [-0.2, 0) is 0 Å². The van der Waals surface area contributed by atoms with Crippen molar-refractivity contribution < 1.29 is 19.6 Å². The molecule has 126 valence electrons. The summed E-state index contributed by atoms with van der Waals surface area (Å²) in [5.41, 5.74) is -1.10. The first-order valence-electron chi connectivity index (χ1n) is 7.85. The molecule has 0 saturated heterocycles. The summed E-state index contributed by atoms with van der Waals surface area (Å²) in [5.74, 6) is -1.37. The van der Waals surface area contributed by atoms with Gasteiger partial charge in [-0.15, -0.1) is 0 Å². The number of aromatic carboxylic acids is 1. The number of carbonyl (C=O) groups is 1. The van der Waals surface area contributed by atoms with Gasteiger partial charge in [0.1, 0.15) is 5.60 Å². The van der Waals surface area contributed by atoms with Crippen molar-refractivity contribution in [3.8, 4) is 5.75 Å².